The first-order chi connectivity index (χ1) is 8.68. The molecule has 0 spiro atoms. The highest BCUT2D eigenvalue weighted by Gasteiger charge is 2.51. The predicted octanol–water partition coefficient (Wildman–Crippen LogP) is -3.29. The summed E-state index contributed by atoms with van der Waals surface area (Å²) in [7, 11) is 0. The second kappa shape index (κ2) is 4.37. The van der Waals surface area contributed by atoms with Crippen LogP contribution in [0.1, 0.15) is 0 Å². The molecule has 3 aliphatic rings. The Morgan fingerprint density at radius 3 is 2.39 bits per heavy atom. The van der Waals surface area contributed by atoms with Gasteiger partial charge in [0.15, 0.2) is 0 Å². The van der Waals surface area contributed by atoms with Crippen LogP contribution in [0.5, 0.6) is 0 Å². The van der Waals surface area contributed by atoms with Gasteiger partial charge in [-0.05, 0) is 0 Å². The highest BCUT2D eigenvalue weighted by atomic mass is 16.5. The first kappa shape index (κ1) is 11.7. The molecular formula is C12H16N2O4. The maximum absolute atomic E-state index is 12.4. The van der Waals surface area contributed by atoms with Crippen LogP contribution in [-0.2, 0) is 14.3 Å². The minimum absolute atomic E-state index is 0.103. The van der Waals surface area contributed by atoms with Crippen molar-refractivity contribution in [1.82, 2.24) is 4.90 Å². The molecule has 1 amide bonds. The van der Waals surface area contributed by atoms with Crippen LogP contribution in [0.2, 0.25) is 0 Å². The summed E-state index contributed by atoms with van der Waals surface area (Å²) in [5.41, 5.74) is 0. The number of carbonyl (C=O) groups excluding carboxylic acids is 2. The summed E-state index contributed by atoms with van der Waals surface area (Å²) in [6, 6.07) is 0. The Morgan fingerprint density at radius 1 is 1.17 bits per heavy atom. The van der Waals surface area contributed by atoms with E-state index in [4.69, 9.17) is 4.74 Å². The van der Waals surface area contributed by atoms with E-state index in [9.17, 15) is 14.7 Å². The van der Waals surface area contributed by atoms with E-state index >= 15 is 0 Å². The number of carboxylic acid groups (broad SMARTS) is 1. The van der Waals surface area contributed by atoms with Gasteiger partial charge in [-0.2, -0.15) is 0 Å². The number of hydrogen-bond acceptors (Lipinski definition) is 4. The third-order valence-electron chi connectivity index (χ3n) is 3.97. The molecule has 3 heterocycles. The van der Waals surface area contributed by atoms with Gasteiger partial charge in [0, 0.05) is 11.9 Å². The minimum Gasteiger partial charge on any atom is -0.550 e. The van der Waals surface area contributed by atoms with Crippen LogP contribution >= 0.6 is 0 Å². The average Bonchev–Trinajstić information content (AvgIpc) is 2.99. The van der Waals surface area contributed by atoms with Crippen molar-refractivity contribution in [2.75, 3.05) is 26.2 Å². The molecule has 0 saturated carbocycles. The highest BCUT2D eigenvalue weighted by molar-refractivity contribution is 5.86. The number of carboxylic acids is 1. The third-order valence-corrected chi connectivity index (χ3v) is 3.97. The smallest absolute Gasteiger partial charge is 0.229 e. The zero-order valence-corrected chi connectivity index (χ0v) is 9.95. The fourth-order valence-corrected chi connectivity index (χ4v) is 3.07. The van der Waals surface area contributed by atoms with Gasteiger partial charge in [0.05, 0.1) is 44.3 Å². The van der Waals surface area contributed by atoms with Crippen LogP contribution in [0.4, 0.5) is 0 Å². The molecule has 2 unspecified atom stereocenters. The van der Waals surface area contributed by atoms with Crippen molar-refractivity contribution in [2.24, 2.45) is 11.8 Å². The molecule has 98 valence electrons. The molecule has 2 saturated heterocycles. The van der Waals surface area contributed by atoms with Gasteiger partial charge in [0.1, 0.15) is 0 Å². The third kappa shape index (κ3) is 1.72. The van der Waals surface area contributed by atoms with Crippen LogP contribution in [0.25, 0.3) is 0 Å². The second-order valence-corrected chi connectivity index (χ2v) is 5.01. The number of fused-ring (bicyclic) bond motifs is 2. The lowest BCUT2D eigenvalue weighted by molar-refractivity contribution is -0.662. The zero-order chi connectivity index (χ0) is 12.7. The molecular weight excluding hydrogens is 236 g/mol. The van der Waals surface area contributed by atoms with Crippen LogP contribution < -0.4 is 10.4 Å². The number of aliphatic carboxylic acids is 1. The number of nitrogens with two attached hydrogens (primary N) is 1. The SMILES string of the molecule is O=C([O-])C1C(C(=O)N2CC[NH2+]CC2)[C@H]2C=C[C@@H]1O2. The number of nitrogens with zero attached hydrogens (tertiary/aromatic N) is 1. The Bertz CT molecular complexity index is 403. The second-order valence-electron chi connectivity index (χ2n) is 5.01. The topological polar surface area (TPSA) is 86.3 Å². The van der Waals surface area contributed by atoms with Gasteiger partial charge in [0.25, 0.3) is 0 Å². The van der Waals surface area contributed by atoms with E-state index in [1.807, 2.05) is 0 Å². The standard InChI is InChI=1S/C12H16N2O4/c15-11(14-5-3-13-4-6-14)9-7-1-2-8(18-7)10(9)12(16)17/h1-2,7-10,13H,3-6H2,(H,16,17)/t7-,8+,9?,10?/m1/s1. The molecule has 0 aromatic heterocycles. The zero-order valence-electron chi connectivity index (χ0n) is 9.95. The molecule has 2 N–H and O–H groups in total. The van der Waals surface area contributed by atoms with Crippen molar-refractivity contribution in [1.29, 1.82) is 0 Å². The normalized spacial score (nSPS) is 38.1. The van der Waals surface area contributed by atoms with Gasteiger partial charge in [0.2, 0.25) is 5.91 Å². The Kier molecular flexibility index (Phi) is 2.83. The summed E-state index contributed by atoms with van der Waals surface area (Å²) >= 11 is 0. The lowest BCUT2D eigenvalue weighted by Gasteiger charge is -2.32. The molecule has 3 rings (SSSR count). The summed E-state index contributed by atoms with van der Waals surface area (Å²) in [5.74, 6) is -2.73. The molecule has 0 aliphatic carbocycles. The average molecular weight is 252 g/mol. The van der Waals surface area contributed by atoms with Gasteiger partial charge in [-0.15, -0.1) is 0 Å². The van der Waals surface area contributed by atoms with Crippen LogP contribution in [0.3, 0.4) is 0 Å². The van der Waals surface area contributed by atoms with Crippen molar-refractivity contribution in [2.45, 2.75) is 12.2 Å². The molecule has 4 atom stereocenters. The first-order valence-electron chi connectivity index (χ1n) is 6.33. The Balaban J connectivity index is 1.79. The molecule has 0 aromatic carbocycles. The van der Waals surface area contributed by atoms with Crippen LogP contribution in [-0.4, -0.2) is 55.2 Å². The monoisotopic (exact) mass is 252 g/mol. The van der Waals surface area contributed by atoms with Gasteiger partial charge >= 0.3 is 0 Å². The quantitative estimate of drug-likeness (QED) is 0.522. The van der Waals surface area contributed by atoms with Gasteiger partial charge in [-0.25, -0.2) is 0 Å². The number of ether oxygens (including phenoxy) is 1. The summed E-state index contributed by atoms with van der Waals surface area (Å²) < 4.78 is 5.48. The Hall–Kier alpha value is -1.40. The maximum atomic E-state index is 12.4. The van der Waals surface area contributed by atoms with Crippen molar-refractivity contribution >= 4 is 11.9 Å². The van der Waals surface area contributed by atoms with E-state index in [-0.39, 0.29) is 5.91 Å². The summed E-state index contributed by atoms with van der Waals surface area (Å²) in [5, 5.41) is 13.3. The summed E-state index contributed by atoms with van der Waals surface area (Å²) in [4.78, 5) is 25.3. The predicted molar refractivity (Wildman–Crippen MR) is 58.0 cm³/mol. The largest absolute Gasteiger partial charge is 0.550 e. The molecule has 6 heteroatoms. The summed E-state index contributed by atoms with van der Waals surface area (Å²) in [6.45, 7) is 3.10. The van der Waals surface area contributed by atoms with Crippen molar-refractivity contribution in [3.05, 3.63) is 12.2 Å². The van der Waals surface area contributed by atoms with E-state index < -0.39 is 30.0 Å². The molecule has 0 radical (unpaired) electrons. The molecule has 0 aromatic rings. The van der Waals surface area contributed by atoms with Crippen LogP contribution in [0.15, 0.2) is 12.2 Å². The fourth-order valence-electron chi connectivity index (χ4n) is 3.07. The number of piperazine rings is 1. The number of hydrogen-bond donors (Lipinski definition) is 1. The number of quaternary nitrogens is 1. The van der Waals surface area contributed by atoms with Crippen molar-refractivity contribution < 1.29 is 24.7 Å². The van der Waals surface area contributed by atoms with Crippen molar-refractivity contribution in [3.8, 4) is 0 Å². The van der Waals surface area contributed by atoms with Gasteiger partial charge in [-0.3, -0.25) is 4.79 Å². The minimum atomic E-state index is -1.19. The maximum Gasteiger partial charge on any atom is 0.229 e. The van der Waals surface area contributed by atoms with E-state index in [2.05, 4.69) is 5.32 Å². The van der Waals surface area contributed by atoms with E-state index in [1.165, 1.54) is 0 Å². The van der Waals surface area contributed by atoms with Crippen LogP contribution in [0, 0.1) is 11.8 Å². The molecule has 2 fully saturated rings. The van der Waals surface area contributed by atoms with Gasteiger partial charge in [-0.1, -0.05) is 12.2 Å². The highest BCUT2D eigenvalue weighted by Crippen LogP contribution is 2.39. The number of carbonyl (C=O) groups is 2. The van der Waals surface area contributed by atoms with Gasteiger partial charge < -0.3 is 24.9 Å². The lowest BCUT2D eigenvalue weighted by atomic mass is 9.82. The van der Waals surface area contributed by atoms with E-state index in [1.54, 1.807) is 17.1 Å². The van der Waals surface area contributed by atoms with Crippen molar-refractivity contribution in [3.63, 3.8) is 0 Å². The van der Waals surface area contributed by atoms with E-state index in [0.29, 0.717) is 13.1 Å². The molecule has 2 bridgehead atoms. The molecule has 3 aliphatic heterocycles. The Labute approximate surface area is 105 Å². The molecule has 6 nitrogen and oxygen atoms in total. The summed E-state index contributed by atoms with van der Waals surface area (Å²) in [6.07, 6.45) is 2.63. The number of rotatable bonds is 2. The number of amides is 1. The lowest BCUT2D eigenvalue weighted by Crippen LogP contribution is -2.90. The first-order valence-corrected chi connectivity index (χ1v) is 6.33. The van der Waals surface area contributed by atoms with E-state index in [0.717, 1.165) is 13.1 Å². The fraction of sp³-hybridized carbons (Fsp3) is 0.667. The molecule has 18 heavy (non-hydrogen) atoms. The Morgan fingerprint density at radius 2 is 1.78 bits per heavy atom.